The Kier molecular flexibility index (Phi) is 6.74. The molecule has 4 rings (SSSR count). The lowest BCUT2D eigenvalue weighted by Crippen LogP contribution is -2.31. The summed E-state index contributed by atoms with van der Waals surface area (Å²) in [7, 11) is -8.54. The summed E-state index contributed by atoms with van der Waals surface area (Å²) in [5.41, 5.74) is -0.949. The zero-order chi connectivity index (χ0) is 25.4. The molecular formula is C19H16F4N4O5S3. The van der Waals surface area contributed by atoms with Gasteiger partial charge in [-0.25, -0.2) is 31.2 Å². The summed E-state index contributed by atoms with van der Waals surface area (Å²) in [6.45, 7) is -0.154. The molecule has 0 spiro atoms. The van der Waals surface area contributed by atoms with E-state index < -0.39 is 53.5 Å². The smallest absolute Gasteiger partial charge is 0.417 e. The van der Waals surface area contributed by atoms with Crippen molar-refractivity contribution in [3.05, 3.63) is 59.5 Å². The zero-order valence-corrected chi connectivity index (χ0v) is 19.9. The third kappa shape index (κ3) is 5.55. The van der Waals surface area contributed by atoms with Gasteiger partial charge in [-0.1, -0.05) is 0 Å². The number of anilines is 1. The average molecular weight is 553 g/mol. The number of hydrogen-bond donors (Lipinski definition) is 1. The highest BCUT2D eigenvalue weighted by molar-refractivity contribution is 7.93. The first-order valence-electron chi connectivity index (χ1n) is 9.78. The minimum absolute atomic E-state index is 0.000899. The maximum absolute atomic E-state index is 14.6. The molecule has 0 saturated carbocycles. The van der Waals surface area contributed by atoms with Gasteiger partial charge in [-0.2, -0.15) is 17.5 Å². The van der Waals surface area contributed by atoms with Crippen molar-refractivity contribution in [2.45, 2.75) is 28.5 Å². The molecule has 16 heteroatoms. The molecule has 3 aromatic rings. The number of sulfonamides is 2. The highest BCUT2D eigenvalue weighted by Gasteiger charge is 2.35. The zero-order valence-electron chi connectivity index (χ0n) is 17.4. The van der Waals surface area contributed by atoms with Crippen LogP contribution in [0.3, 0.4) is 0 Å². The topological polar surface area (TPSA) is 119 Å². The Balaban J connectivity index is 1.45. The van der Waals surface area contributed by atoms with Crippen LogP contribution in [0.1, 0.15) is 12.0 Å². The molecule has 1 saturated heterocycles. The van der Waals surface area contributed by atoms with Crippen LogP contribution in [0.15, 0.2) is 57.9 Å². The molecule has 188 valence electrons. The van der Waals surface area contributed by atoms with Gasteiger partial charge in [-0.05, 0) is 30.7 Å². The first-order chi connectivity index (χ1) is 16.4. The Bertz CT molecular complexity index is 1410. The molecule has 0 amide bonds. The van der Waals surface area contributed by atoms with E-state index in [0.29, 0.717) is 12.3 Å². The van der Waals surface area contributed by atoms with Gasteiger partial charge >= 0.3 is 6.18 Å². The van der Waals surface area contributed by atoms with E-state index in [-0.39, 0.29) is 30.5 Å². The van der Waals surface area contributed by atoms with Crippen LogP contribution >= 0.6 is 11.3 Å². The quantitative estimate of drug-likeness (QED) is 0.447. The molecule has 0 bridgehead atoms. The van der Waals surface area contributed by atoms with Crippen LogP contribution in [0.5, 0.6) is 5.88 Å². The minimum atomic E-state index is -4.55. The lowest BCUT2D eigenvalue weighted by atomic mass is 10.3. The number of hydrogen-bond acceptors (Lipinski definition) is 8. The predicted octanol–water partition coefficient (Wildman–Crippen LogP) is 3.34. The molecule has 2 aromatic heterocycles. The summed E-state index contributed by atoms with van der Waals surface area (Å²) >= 11 is 0.984. The van der Waals surface area contributed by atoms with Crippen molar-refractivity contribution in [1.82, 2.24) is 14.3 Å². The fraction of sp³-hybridized carbons (Fsp3) is 0.263. The summed E-state index contributed by atoms with van der Waals surface area (Å²) in [6, 6.07) is 4.26. The van der Waals surface area contributed by atoms with Crippen LogP contribution in [-0.2, 0) is 26.2 Å². The Morgan fingerprint density at radius 1 is 1.11 bits per heavy atom. The maximum atomic E-state index is 14.6. The predicted molar refractivity (Wildman–Crippen MR) is 116 cm³/mol. The Morgan fingerprint density at radius 2 is 1.89 bits per heavy atom. The van der Waals surface area contributed by atoms with E-state index >= 15 is 0 Å². The first-order valence-corrected chi connectivity index (χ1v) is 13.6. The Hall–Kier alpha value is -2.82. The molecule has 9 nitrogen and oxygen atoms in total. The summed E-state index contributed by atoms with van der Waals surface area (Å²) in [6.07, 6.45) is -3.06. The van der Waals surface area contributed by atoms with Crippen LogP contribution in [0, 0.1) is 5.82 Å². The van der Waals surface area contributed by atoms with Crippen molar-refractivity contribution in [2.75, 3.05) is 17.8 Å². The number of ether oxygens (including phenoxy) is 1. The molecule has 0 radical (unpaired) electrons. The third-order valence-corrected chi connectivity index (χ3v) is 8.99. The van der Waals surface area contributed by atoms with Crippen LogP contribution in [0.2, 0.25) is 0 Å². The molecule has 1 aromatic carbocycles. The fourth-order valence-corrected chi connectivity index (χ4v) is 6.60. The summed E-state index contributed by atoms with van der Waals surface area (Å²) in [5, 5.41) is 1.54. The minimum Gasteiger partial charge on any atom is -0.473 e. The molecule has 1 N–H and O–H groups in total. The normalized spacial score (nSPS) is 17.4. The van der Waals surface area contributed by atoms with Gasteiger partial charge in [0.15, 0.2) is 5.13 Å². The van der Waals surface area contributed by atoms with Crippen molar-refractivity contribution in [3.8, 4) is 5.88 Å². The van der Waals surface area contributed by atoms with Gasteiger partial charge in [0.1, 0.15) is 16.8 Å². The molecule has 1 aliphatic rings. The Morgan fingerprint density at radius 3 is 2.49 bits per heavy atom. The summed E-state index contributed by atoms with van der Waals surface area (Å²) in [5.74, 6) is -1.37. The van der Waals surface area contributed by atoms with Gasteiger partial charge in [0.25, 0.3) is 10.0 Å². The molecule has 1 aliphatic heterocycles. The first kappa shape index (κ1) is 25.3. The van der Waals surface area contributed by atoms with Crippen LogP contribution < -0.4 is 9.46 Å². The molecule has 1 fully saturated rings. The molecule has 0 aliphatic carbocycles. The molecule has 35 heavy (non-hydrogen) atoms. The number of alkyl halides is 3. The van der Waals surface area contributed by atoms with Crippen LogP contribution in [-0.4, -0.2) is 50.3 Å². The number of aromatic nitrogens is 2. The fourth-order valence-electron chi connectivity index (χ4n) is 3.25. The van der Waals surface area contributed by atoms with Gasteiger partial charge in [0.2, 0.25) is 15.9 Å². The number of pyridine rings is 1. The number of rotatable bonds is 7. The van der Waals surface area contributed by atoms with E-state index in [0.717, 1.165) is 39.9 Å². The second-order valence-corrected chi connectivity index (χ2v) is 11.8. The van der Waals surface area contributed by atoms with E-state index in [2.05, 4.69) is 14.7 Å². The number of nitrogens with one attached hydrogen (secondary N) is 1. The third-order valence-electron chi connectivity index (χ3n) is 4.94. The van der Waals surface area contributed by atoms with Gasteiger partial charge in [0.05, 0.1) is 17.0 Å². The summed E-state index contributed by atoms with van der Waals surface area (Å²) < 4.78 is 112. The van der Waals surface area contributed by atoms with Crippen molar-refractivity contribution >= 4 is 36.5 Å². The van der Waals surface area contributed by atoms with Gasteiger partial charge in [-0.15, -0.1) is 11.3 Å². The van der Waals surface area contributed by atoms with E-state index in [9.17, 15) is 34.4 Å². The lowest BCUT2D eigenvalue weighted by molar-refractivity contribution is -0.137. The van der Waals surface area contributed by atoms with Crippen LogP contribution in [0.4, 0.5) is 22.7 Å². The van der Waals surface area contributed by atoms with Gasteiger partial charge < -0.3 is 4.74 Å². The van der Waals surface area contributed by atoms with Crippen molar-refractivity contribution in [3.63, 3.8) is 0 Å². The maximum Gasteiger partial charge on any atom is 0.417 e. The average Bonchev–Trinajstić information content (AvgIpc) is 3.45. The molecule has 3 heterocycles. The Labute approximate surface area is 201 Å². The van der Waals surface area contributed by atoms with E-state index in [1.54, 1.807) is 0 Å². The highest BCUT2D eigenvalue weighted by atomic mass is 32.2. The molecular weight excluding hydrogens is 536 g/mol. The standard InChI is InChI=1S/C19H16F4N4O5S3/c20-15-9-14(2-3-16(15)34(28,29)26-18-24-6-8-33-18)35(30,31)27-7-5-13(11-27)32-17-4-1-12(10-25-17)19(21,22)23/h1-4,6,8-10,13H,5,7,11H2,(H,24,26)/t13-/m0/s1. The second-order valence-electron chi connectivity index (χ2n) is 7.31. The number of thiazole rings is 1. The highest BCUT2D eigenvalue weighted by Crippen LogP contribution is 2.30. The van der Waals surface area contributed by atoms with Crippen molar-refractivity contribution in [1.29, 1.82) is 0 Å². The second kappa shape index (κ2) is 9.33. The molecule has 1 atom stereocenters. The summed E-state index contributed by atoms with van der Waals surface area (Å²) in [4.78, 5) is 6.14. The van der Waals surface area contributed by atoms with Crippen molar-refractivity contribution in [2.24, 2.45) is 0 Å². The van der Waals surface area contributed by atoms with E-state index in [1.165, 1.54) is 11.6 Å². The van der Waals surface area contributed by atoms with Crippen molar-refractivity contribution < 1.29 is 39.1 Å². The number of benzene rings is 1. The van der Waals surface area contributed by atoms with Gasteiger partial charge in [0, 0.05) is 30.4 Å². The van der Waals surface area contributed by atoms with Gasteiger partial charge in [-0.3, -0.25) is 4.72 Å². The number of nitrogens with zero attached hydrogens (tertiary/aromatic N) is 3. The van der Waals surface area contributed by atoms with E-state index in [4.69, 9.17) is 4.74 Å². The van der Waals surface area contributed by atoms with Crippen LogP contribution in [0.25, 0.3) is 0 Å². The monoisotopic (exact) mass is 552 g/mol. The number of halogens is 4. The van der Waals surface area contributed by atoms with E-state index in [1.807, 2.05) is 0 Å². The largest absolute Gasteiger partial charge is 0.473 e. The lowest BCUT2D eigenvalue weighted by Gasteiger charge is -2.18. The SMILES string of the molecule is O=S(=O)(Nc1nccs1)c1ccc(S(=O)(=O)N2CC[C@H](Oc3ccc(C(F)(F)F)cn3)C2)cc1F. The molecule has 0 unspecified atom stereocenters.